The number of carboxylic acids is 1. The molecule has 0 aromatic heterocycles. The van der Waals surface area contributed by atoms with Crippen LogP contribution in [0.1, 0.15) is 37.7 Å². The summed E-state index contributed by atoms with van der Waals surface area (Å²) in [5, 5.41) is 8.73. The summed E-state index contributed by atoms with van der Waals surface area (Å²) in [6.07, 6.45) is 1.40. The predicted octanol–water partition coefficient (Wildman–Crippen LogP) is 3.32. The predicted molar refractivity (Wildman–Crippen MR) is 56.3 cm³/mol. The molecule has 0 fully saturated rings. The van der Waals surface area contributed by atoms with Crippen LogP contribution in [0.5, 0.6) is 0 Å². The standard InChI is InChI=1S/C12H14F2O2/c1-2-3-8(7-12(15)16)9-4-5-10(13)11(14)6-9/h4-6,8H,2-3,7H2,1H3,(H,15,16). The second-order valence-electron chi connectivity index (χ2n) is 3.76. The molecule has 1 rings (SSSR count). The highest BCUT2D eigenvalue weighted by Crippen LogP contribution is 2.26. The van der Waals surface area contributed by atoms with Crippen molar-refractivity contribution in [3.05, 3.63) is 35.4 Å². The maximum Gasteiger partial charge on any atom is 0.303 e. The summed E-state index contributed by atoms with van der Waals surface area (Å²) in [6, 6.07) is 3.56. The molecule has 4 heteroatoms. The van der Waals surface area contributed by atoms with Crippen molar-refractivity contribution in [1.29, 1.82) is 0 Å². The Morgan fingerprint density at radius 2 is 2.06 bits per heavy atom. The SMILES string of the molecule is CCCC(CC(=O)O)c1ccc(F)c(F)c1. The van der Waals surface area contributed by atoms with Gasteiger partial charge in [-0.3, -0.25) is 4.79 Å². The van der Waals surface area contributed by atoms with Crippen molar-refractivity contribution in [2.45, 2.75) is 32.1 Å². The number of halogens is 2. The maximum atomic E-state index is 13.0. The lowest BCUT2D eigenvalue weighted by molar-refractivity contribution is -0.137. The lowest BCUT2D eigenvalue weighted by Gasteiger charge is -2.14. The first-order chi connectivity index (χ1) is 7.54. The van der Waals surface area contributed by atoms with Gasteiger partial charge in [-0.25, -0.2) is 8.78 Å². The summed E-state index contributed by atoms with van der Waals surface area (Å²) < 4.78 is 25.7. The molecule has 1 aromatic carbocycles. The minimum Gasteiger partial charge on any atom is -0.481 e. The van der Waals surface area contributed by atoms with Crippen molar-refractivity contribution in [1.82, 2.24) is 0 Å². The van der Waals surface area contributed by atoms with E-state index in [9.17, 15) is 13.6 Å². The Kier molecular flexibility index (Phi) is 4.40. The fourth-order valence-corrected chi connectivity index (χ4v) is 1.71. The third-order valence-corrected chi connectivity index (χ3v) is 2.47. The third kappa shape index (κ3) is 3.29. The van der Waals surface area contributed by atoms with Gasteiger partial charge in [0.05, 0.1) is 6.42 Å². The molecule has 2 nitrogen and oxygen atoms in total. The van der Waals surface area contributed by atoms with Crippen LogP contribution in [0.4, 0.5) is 8.78 Å². The van der Waals surface area contributed by atoms with Crippen molar-refractivity contribution in [3.8, 4) is 0 Å². The highest BCUT2D eigenvalue weighted by molar-refractivity contribution is 5.68. The molecule has 0 saturated heterocycles. The molecule has 1 aromatic rings. The maximum absolute atomic E-state index is 13.0. The van der Waals surface area contributed by atoms with Crippen LogP contribution in [0.2, 0.25) is 0 Å². The molecule has 0 saturated carbocycles. The molecular weight excluding hydrogens is 214 g/mol. The average molecular weight is 228 g/mol. The minimum absolute atomic E-state index is 0.0566. The van der Waals surface area contributed by atoms with E-state index in [0.717, 1.165) is 18.6 Å². The number of hydrogen-bond donors (Lipinski definition) is 1. The van der Waals surface area contributed by atoms with E-state index in [1.54, 1.807) is 0 Å². The molecular formula is C12H14F2O2. The van der Waals surface area contributed by atoms with Gasteiger partial charge in [0.1, 0.15) is 0 Å². The Morgan fingerprint density at radius 1 is 1.38 bits per heavy atom. The molecule has 0 aliphatic carbocycles. The zero-order valence-electron chi connectivity index (χ0n) is 9.04. The summed E-state index contributed by atoms with van der Waals surface area (Å²) in [6.45, 7) is 1.93. The molecule has 1 unspecified atom stereocenters. The molecule has 16 heavy (non-hydrogen) atoms. The molecule has 0 aliphatic rings. The van der Waals surface area contributed by atoms with Crippen molar-refractivity contribution in [2.24, 2.45) is 0 Å². The largest absolute Gasteiger partial charge is 0.481 e. The van der Waals surface area contributed by atoms with Gasteiger partial charge in [0.25, 0.3) is 0 Å². The fraction of sp³-hybridized carbons (Fsp3) is 0.417. The first-order valence-electron chi connectivity index (χ1n) is 5.21. The lowest BCUT2D eigenvalue weighted by atomic mass is 9.91. The van der Waals surface area contributed by atoms with Gasteiger partial charge in [-0.2, -0.15) is 0 Å². The molecule has 0 heterocycles. The average Bonchev–Trinajstić information content (AvgIpc) is 2.21. The Hall–Kier alpha value is -1.45. The molecule has 1 N–H and O–H groups in total. The first kappa shape index (κ1) is 12.6. The van der Waals surface area contributed by atoms with Gasteiger partial charge >= 0.3 is 5.97 Å². The van der Waals surface area contributed by atoms with E-state index >= 15 is 0 Å². The molecule has 0 spiro atoms. The fourth-order valence-electron chi connectivity index (χ4n) is 1.71. The summed E-state index contributed by atoms with van der Waals surface area (Å²) in [7, 11) is 0. The second-order valence-corrected chi connectivity index (χ2v) is 3.76. The van der Waals surface area contributed by atoms with Gasteiger partial charge in [0, 0.05) is 0 Å². The first-order valence-corrected chi connectivity index (χ1v) is 5.21. The molecule has 0 bridgehead atoms. The van der Waals surface area contributed by atoms with Gasteiger partial charge < -0.3 is 5.11 Å². The van der Waals surface area contributed by atoms with Crippen LogP contribution >= 0.6 is 0 Å². The lowest BCUT2D eigenvalue weighted by Crippen LogP contribution is -2.07. The van der Waals surface area contributed by atoms with Crippen molar-refractivity contribution < 1.29 is 18.7 Å². The van der Waals surface area contributed by atoms with Crippen molar-refractivity contribution in [2.75, 3.05) is 0 Å². The highest BCUT2D eigenvalue weighted by Gasteiger charge is 2.16. The summed E-state index contributed by atoms with van der Waals surface area (Å²) in [4.78, 5) is 10.6. The molecule has 88 valence electrons. The molecule has 0 radical (unpaired) electrons. The van der Waals surface area contributed by atoms with E-state index in [1.807, 2.05) is 6.92 Å². The van der Waals surface area contributed by atoms with E-state index in [1.165, 1.54) is 6.07 Å². The number of aliphatic carboxylic acids is 1. The Bertz CT molecular complexity index is 377. The molecule has 1 atom stereocenters. The Labute approximate surface area is 92.9 Å². The number of rotatable bonds is 5. The van der Waals surface area contributed by atoms with E-state index in [4.69, 9.17) is 5.11 Å². The second kappa shape index (κ2) is 5.58. The van der Waals surface area contributed by atoms with Crippen LogP contribution in [-0.4, -0.2) is 11.1 Å². The van der Waals surface area contributed by atoms with Crippen LogP contribution in [0, 0.1) is 11.6 Å². The smallest absolute Gasteiger partial charge is 0.303 e. The van der Waals surface area contributed by atoms with Crippen molar-refractivity contribution in [3.63, 3.8) is 0 Å². The summed E-state index contributed by atoms with van der Waals surface area (Å²) >= 11 is 0. The Balaban J connectivity index is 2.91. The number of carbonyl (C=O) groups is 1. The van der Waals surface area contributed by atoms with Crippen LogP contribution in [-0.2, 0) is 4.79 Å². The zero-order valence-corrected chi connectivity index (χ0v) is 9.04. The molecule has 0 aliphatic heterocycles. The Morgan fingerprint density at radius 3 is 2.56 bits per heavy atom. The topological polar surface area (TPSA) is 37.3 Å². The summed E-state index contributed by atoms with van der Waals surface area (Å²) in [5.41, 5.74) is 0.545. The normalized spacial score (nSPS) is 12.4. The van der Waals surface area contributed by atoms with Gasteiger partial charge in [0.15, 0.2) is 11.6 Å². The van der Waals surface area contributed by atoms with E-state index < -0.39 is 17.6 Å². The van der Waals surface area contributed by atoms with Crippen molar-refractivity contribution >= 4 is 5.97 Å². The highest BCUT2D eigenvalue weighted by atomic mass is 19.2. The van der Waals surface area contributed by atoms with Crippen LogP contribution in [0.15, 0.2) is 18.2 Å². The number of hydrogen-bond acceptors (Lipinski definition) is 1. The van der Waals surface area contributed by atoms with Crippen LogP contribution < -0.4 is 0 Å². The van der Waals surface area contributed by atoms with Gasteiger partial charge in [0.2, 0.25) is 0 Å². The van der Waals surface area contributed by atoms with Crippen LogP contribution in [0.25, 0.3) is 0 Å². The van der Waals surface area contributed by atoms with E-state index in [2.05, 4.69) is 0 Å². The summed E-state index contributed by atoms with van der Waals surface area (Å²) in [5.74, 6) is -3.01. The zero-order chi connectivity index (χ0) is 12.1. The quantitative estimate of drug-likeness (QED) is 0.839. The van der Waals surface area contributed by atoms with Gasteiger partial charge in [-0.1, -0.05) is 19.4 Å². The van der Waals surface area contributed by atoms with Gasteiger partial charge in [-0.15, -0.1) is 0 Å². The van der Waals surface area contributed by atoms with E-state index in [-0.39, 0.29) is 12.3 Å². The third-order valence-electron chi connectivity index (χ3n) is 2.47. The van der Waals surface area contributed by atoms with E-state index in [0.29, 0.717) is 12.0 Å². The van der Waals surface area contributed by atoms with Gasteiger partial charge in [-0.05, 0) is 30.0 Å². The van der Waals surface area contributed by atoms with Crippen LogP contribution in [0.3, 0.4) is 0 Å². The monoisotopic (exact) mass is 228 g/mol. The number of carboxylic acid groups (broad SMARTS) is 1. The number of benzene rings is 1. The minimum atomic E-state index is -0.928. The molecule has 0 amide bonds.